The molecule has 0 radical (unpaired) electrons. The van der Waals surface area contributed by atoms with E-state index in [-0.39, 0.29) is 35.4 Å². The molecule has 0 spiro atoms. The predicted octanol–water partition coefficient (Wildman–Crippen LogP) is 1.86. The van der Waals surface area contributed by atoms with Crippen LogP contribution >= 0.6 is 0 Å². The summed E-state index contributed by atoms with van der Waals surface area (Å²) in [6.07, 6.45) is 6.58. The highest BCUT2D eigenvalue weighted by atomic mass is 16.2. The van der Waals surface area contributed by atoms with Crippen LogP contribution in [-0.4, -0.2) is 34.3 Å². The van der Waals surface area contributed by atoms with Crippen molar-refractivity contribution in [2.45, 2.75) is 64.6 Å². The molecule has 2 rings (SSSR count). The lowest BCUT2D eigenvalue weighted by Gasteiger charge is -2.51. The van der Waals surface area contributed by atoms with Gasteiger partial charge >= 0.3 is 0 Å². The van der Waals surface area contributed by atoms with Gasteiger partial charge in [-0.2, -0.15) is 0 Å². The summed E-state index contributed by atoms with van der Waals surface area (Å²) in [7, 11) is 0. The second kappa shape index (κ2) is 4.99. The molecule has 0 bridgehead atoms. The Morgan fingerprint density at radius 1 is 1.42 bits per heavy atom. The Morgan fingerprint density at radius 2 is 2.05 bits per heavy atom. The molecule has 1 heterocycles. The molecule has 19 heavy (non-hydrogen) atoms. The van der Waals surface area contributed by atoms with Crippen LogP contribution in [0.4, 0.5) is 0 Å². The fourth-order valence-electron chi connectivity index (χ4n) is 2.99. The number of hydrogen-bond acceptors (Lipinski definition) is 2. The van der Waals surface area contributed by atoms with E-state index in [0.717, 1.165) is 12.8 Å². The third-order valence-electron chi connectivity index (χ3n) is 3.85. The molecule has 2 aliphatic rings. The molecule has 0 aromatic heterocycles. The standard InChI is InChI=1S/C15H24N2O2/c1-5-11(13(18)16-15(2,3)4)17-12-9-7-6-8-10(12)14(17)19/h6-7,10-12H,5,8-9H2,1-4H3,(H,16,18). The van der Waals surface area contributed by atoms with Crippen molar-refractivity contribution in [1.29, 1.82) is 0 Å². The van der Waals surface area contributed by atoms with Gasteiger partial charge in [-0.05, 0) is 40.0 Å². The van der Waals surface area contributed by atoms with E-state index in [1.807, 2.05) is 27.7 Å². The Balaban J connectivity index is 2.08. The van der Waals surface area contributed by atoms with Gasteiger partial charge in [0.05, 0.1) is 5.92 Å². The predicted molar refractivity (Wildman–Crippen MR) is 74.5 cm³/mol. The van der Waals surface area contributed by atoms with Crippen LogP contribution in [-0.2, 0) is 9.59 Å². The fraction of sp³-hybridized carbons (Fsp3) is 0.733. The summed E-state index contributed by atoms with van der Waals surface area (Å²) in [6, 6.07) is -0.0901. The highest BCUT2D eigenvalue weighted by Gasteiger charge is 2.51. The Labute approximate surface area is 115 Å². The number of fused-ring (bicyclic) bond motifs is 1. The minimum absolute atomic E-state index is 0.0312. The lowest BCUT2D eigenvalue weighted by Crippen LogP contribution is -2.68. The van der Waals surface area contributed by atoms with Gasteiger partial charge in [0.2, 0.25) is 11.8 Å². The maximum Gasteiger partial charge on any atom is 0.243 e. The molecule has 3 atom stereocenters. The number of nitrogens with zero attached hydrogens (tertiary/aromatic N) is 1. The van der Waals surface area contributed by atoms with Crippen molar-refractivity contribution >= 4 is 11.8 Å². The van der Waals surface area contributed by atoms with E-state index in [4.69, 9.17) is 0 Å². The second-order valence-electron chi connectivity index (χ2n) is 6.53. The zero-order valence-electron chi connectivity index (χ0n) is 12.3. The zero-order valence-corrected chi connectivity index (χ0v) is 12.3. The molecule has 0 aromatic carbocycles. The highest BCUT2D eigenvalue weighted by Crippen LogP contribution is 2.37. The van der Waals surface area contributed by atoms with Crippen LogP contribution in [0.15, 0.2) is 12.2 Å². The maximum absolute atomic E-state index is 12.3. The van der Waals surface area contributed by atoms with Crippen LogP contribution in [0.2, 0.25) is 0 Å². The van der Waals surface area contributed by atoms with Gasteiger partial charge in [0.1, 0.15) is 6.04 Å². The number of nitrogens with one attached hydrogen (secondary N) is 1. The molecule has 0 aromatic rings. The van der Waals surface area contributed by atoms with Gasteiger partial charge in [-0.3, -0.25) is 9.59 Å². The Bertz CT molecular complexity index is 409. The third-order valence-corrected chi connectivity index (χ3v) is 3.85. The number of β-lactam (4-membered cyclic amide) rings is 1. The Kier molecular flexibility index (Phi) is 3.70. The molecule has 1 aliphatic carbocycles. The van der Waals surface area contributed by atoms with E-state index in [0.29, 0.717) is 6.42 Å². The highest BCUT2D eigenvalue weighted by molar-refractivity contribution is 5.93. The van der Waals surface area contributed by atoms with Crippen LogP contribution < -0.4 is 5.32 Å². The molecule has 1 saturated heterocycles. The van der Waals surface area contributed by atoms with E-state index in [2.05, 4.69) is 17.5 Å². The SMILES string of the molecule is CCC(C(=O)NC(C)(C)C)N1C(=O)C2CC=CCC21. The van der Waals surface area contributed by atoms with Crippen LogP contribution in [0.3, 0.4) is 0 Å². The number of amides is 2. The Hall–Kier alpha value is -1.32. The van der Waals surface area contributed by atoms with Gasteiger partial charge in [-0.1, -0.05) is 19.1 Å². The molecule has 4 heteroatoms. The average Bonchev–Trinajstić information content (AvgIpc) is 2.32. The summed E-state index contributed by atoms with van der Waals surface area (Å²) >= 11 is 0. The van der Waals surface area contributed by atoms with Gasteiger partial charge in [0.15, 0.2) is 0 Å². The van der Waals surface area contributed by atoms with Crippen LogP contribution in [0.5, 0.6) is 0 Å². The van der Waals surface area contributed by atoms with Crippen molar-refractivity contribution in [2.75, 3.05) is 0 Å². The number of carbonyl (C=O) groups is 2. The van der Waals surface area contributed by atoms with E-state index >= 15 is 0 Å². The summed E-state index contributed by atoms with van der Waals surface area (Å²) in [5.74, 6) is 0.225. The lowest BCUT2D eigenvalue weighted by molar-refractivity contribution is -0.165. The first kappa shape index (κ1) is 14.1. The van der Waals surface area contributed by atoms with Crippen LogP contribution in [0, 0.1) is 5.92 Å². The summed E-state index contributed by atoms with van der Waals surface area (Å²) in [6.45, 7) is 7.84. The second-order valence-corrected chi connectivity index (χ2v) is 6.53. The van der Waals surface area contributed by atoms with E-state index in [1.165, 1.54) is 0 Å². The molecule has 0 saturated carbocycles. The maximum atomic E-state index is 12.3. The summed E-state index contributed by atoms with van der Waals surface area (Å²) < 4.78 is 0. The first-order valence-electron chi connectivity index (χ1n) is 7.14. The number of allylic oxidation sites excluding steroid dienone is 1. The van der Waals surface area contributed by atoms with Crippen LogP contribution in [0.25, 0.3) is 0 Å². The van der Waals surface area contributed by atoms with Crippen molar-refractivity contribution in [3.8, 4) is 0 Å². The van der Waals surface area contributed by atoms with Gasteiger partial charge in [-0.25, -0.2) is 0 Å². The number of hydrogen-bond donors (Lipinski definition) is 1. The molecule has 1 N–H and O–H groups in total. The van der Waals surface area contributed by atoms with Crippen molar-refractivity contribution in [3.63, 3.8) is 0 Å². The van der Waals surface area contributed by atoms with E-state index < -0.39 is 0 Å². The molecule has 1 aliphatic heterocycles. The summed E-state index contributed by atoms with van der Waals surface area (Å²) in [5.41, 5.74) is -0.260. The lowest BCUT2D eigenvalue weighted by atomic mass is 9.77. The smallest absolute Gasteiger partial charge is 0.243 e. The monoisotopic (exact) mass is 264 g/mol. The fourth-order valence-corrected chi connectivity index (χ4v) is 2.99. The third kappa shape index (κ3) is 2.67. The van der Waals surface area contributed by atoms with Crippen molar-refractivity contribution in [2.24, 2.45) is 5.92 Å². The molecule has 106 valence electrons. The molecule has 3 unspecified atom stereocenters. The first-order chi connectivity index (χ1) is 8.85. The van der Waals surface area contributed by atoms with Crippen LogP contribution in [0.1, 0.15) is 47.0 Å². The molecule has 4 nitrogen and oxygen atoms in total. The number of carbonyl (C=O) groups excluding carboxylic acids is 2. The van der Waals surface area contributed by atoms with Crippen molar-refractivity contribution < 1.29 is 9.59 Å². The van der Waals surface area contributed by atoms with Gasteiger partial charge in [-0.15, -0.1) is 0 Å². The average molecular weight is 264 g/mol. The number of rotatable bonds is 3. The summed E-state index contributed by atoms with van der Waals surface area (Å²) in [4.78, 5) is 26.3. The van der Waals surface area contributed by atoms with Gasteiger partial charge in [0, 0.05) is 11.6 Å². The van der Waals surface area contributed by atoms with Gasteiger partial charge in [0.25, 0.3) is 0 Å². The topological polar surface area (TPSA) is 49.4 Å². The first-order valence-corrected chi connectivity index (χ1v) is 7.14. The van der Waals surface area contributed by atoms with E-state index in [9.17, 15) is 9.59 Å². The minimum atomic E-state index is -0.320. The number of likely N-dealkylation sites (tertiary alicyclic amines) is 1. The van der Waals surface area contributed by atoms with Crippen molar-refractivity contribution in [3.05, 3.63) is 12.2 Å². The molecular weight excluding hydrogens is 240 g/mol. The normalized spacial score (nSPS) is 27.6. The molecule has 1 fully saturated rings. The van der Waals surface area contributed by atoms with Gasteiger partial charge < -0.3 is 10.2 Å². The largest absolute Gasteiger partial charge is 0.350 e. The molecule has 2 amide bonds. The van der Waals surface area contributed by atoms with E-state index in [1.54, 1.807) is 4.90 Å². The summed E-state index contributed by atoms with van der Waals surface area (Å²) in [5, 5.41) is 2.98. The zero-order chi connectivity index (χ0) is 14.2. The van der Waals surface area contributed by atoms with Crippen molar-refractivity contribution in [1.82, 2.24) is 10.2 Å². The molecular formula is C15H24N2O2. The quantitative estimate of drug-likeness (QED) is 0.625. The minimum Gasteiger partial charge on any atom is -0.350 e. The Morgan fingerprint density at radius 3 is 2.63 bits per heavy atom.